The number of hydrogen-bond acceptors (Lipinski definition) is 4. The summed E-state index contributed by atoms with van der Waals surface area (Å²) in [6.07, 6.45) is 0. The van der Waals surface area contributed by atoms with E-state index < -0.39 is 0 Å². The maximum absolute atomic E-state index is 8.58. The van der Waals surface area contributed by atoms with Gasteiger partial charge in [-0.05, 0) is 6.92 Å². The molecule has 0 spiro atoms. The van der Waals surface area contributed by atoms with E-state index in [1.807, 2.05) is 21.1 Å². The fourth-order valence-corrected chi connectivity index (χ4v) is 0.725. The summed E-state index contributed by atoms with van der Waals surface area (Å²) >= 11 is 0. The minimum atomic E-state index is 0.338. The zero-order valence-corrected chi connectivity index (χ0v) is 7.94. The molecule has 0 aliphatic heterocycles. The average Bonchev–Trinajstić information content (AvgIpc) is 1.97. The van der Waals surface area contributed by atoms with Gasteiger partial charge in [-0.25, -0.2) is 0 Å². The molecule has 0 aromatic heterocycles. The molecule has 0 radical (unpaired) electrons. The first-order chi connectivity index (χ1) is 5.40. The van der Waals surface area contributed by atoms with Gasteiger partial charge in [0.2, 0.25) is 0 Å². The SMILES string of the molecule is CC(=N\O)/C(C[N+](C)(C)C)=N/O. The molecule has 0 atom stereocenters. The summed E-state index contributed by atoms with van der Waals surface area (Å²) in [6.45, 7) is 2.11. The van der Waals surface area contributed by atoms with Crippen LogP contribution in [0.15, 0.2) is 10.3 Å². The molecule has 5 heteroatoms. The van der Waals surface area contributed by atoms with Gasteiger partial charge in [-0.2, -0.15) is 0 Å². The molecule has 5 nitrogen and oxygen atoms in total. The molecule has 0 aromatic carbocycles. The third kappa shape index (κ3) is 3.92. The van der Waals surface area contributed by atoms with Gasteiger partial charge in [0.05, 0.1) is 21.1 Å². The molecule has 70 valence electrons. The van der Waals surface area contributed by atoms with Crippen molar-refractivity contribution >= 4 is 11.4 Å². The van der Waals surface area contributed by atoms with Crippen LogP contribution in [0.4, 0.5) is 0 Å². The first-order valence-corrected chi connectivity index (χ1v) is 3.61. The topological polar surface area (TPSA) is 65.2 Å². The number of rotatable bonds is 3. The van der Waals surface area contributed by atoms with E-state index in [9.17, 15) is 0 Å². The molecule has 0 saturated heterocycles. The van der Waals surface area contributed by atoms with Crippen molar-refractivity contribution in [3.05, 3.63) is 0 Å². The smallest absolute Gasteiger partial charge is 0.158 e. The zero-order chi connectivity index (χ0) is 9.78. The highest BCUT2D eigenvalue weighted by molar-refractivity contribution is 6.41. The standard InChI is InChI=1S/C7H15N3O2/c1-6(8-11)7(9-12)5-10(2,3)4/h5H2,1-4H3,(H-,11,12)/p+1/b8-6+,9-7+. The lowest BCUT2D eigenvalue weighted by Gasteiger charge is -2.23. The lowest BCUT2D eigenvalue weighted by molar-refractivity contribution is -0.860. The second kappa shape index (κ2) is 4.06. The quantitative estimate of drug-likeness (QED) is 0.281. The molecule has 0 bridgehead atoms. The predicted molar refractivity (Wildman–Crippen MR) is 47.0 cm³/mol. The van der Waals surface area contributed by atoms with Crippen molar-refractivity contribution in [3.8, 4) is 0 Å². The molecule has 0 unspecified atom stereocenters. The molecule has 0 aliphatic rings. The molecular weight excluding hydrogens is 158 g/mol. The van der Waals surface area contributed by atoms with Crippen LogP contribution in [0.3, 0.4) is 0 Å². The summed E-state index contributed by atoms with van der Waals surface area (Å²) in [5, 5.41) is 23.0. The second-order valence-corrected chi connectivity index (χ2v) is 3.68. The van der Waals surface area contributed by atoms with Crippen LogP contribution in [0.25, 0.3) is 0 Å². The Balaban J connectivity index is 4.43. The number of oxime groups is 2. The van der Waals surface area contributed by atoms with Gasteiger partial charge in [0.15, 0.2) is 5.71 Å². The van der Waals surface area contributed by atoms with Crippen LogP contribution < -0.4 is 0 Å². The summed E-state index contributed by atoms with van der Waals surface area (Å²) in [5.74, 6) is 0. The molecule has 0 fully saturated rings. The third-order valence-corrected chi connectivity index (χ3v) is 1.31. The second-order valence-electron chi connectivity index (χ2n) is 3.68. The highest BCUT2D eigenvalue weighted by Crippen LogP contribution is 1.94. The van der Waals surface area contributed by atoms with Gasteiger partial charge in [0.1, 0.15) is 12.3 Å². The fraction of sp³-hybridized carbons (Fsp3) is 0.714. The van der Waals surface area contributed by atoms with Crippen LogP contribution in [-0.4, -0.2) is 54.0 Å². The van der Waals surface area contributed by atoms with Gasteiger partial charge in [-0.15, -0.1) is 0 Å². The molecule has 0 rings (SSSR count). The predicted octanol–water partition coefficient (Wildman–Crippen LogP) is 0.373. The van der Waals surface area contributed by atoms with Gasteiger partial charge in [-0.3, -0.25) is 0 Å². The van der Waals surface area contributed by atoms with E-state index in [0.29, 0.717) is 22.5 Å². The average molecular weight is 174 g/mol. The molecule has 0 saturated carbocycles. The highest BCUT2D eigenvalue weighted by Gasteiger charge is 2.15. The van der Waals surface area contributed by atoms with Crippen molar-refractivity contribution < 1.29 is 14.9 Å². The zero-order valence-electron chi connectivity index (χ0n) is 7.94. The van der Waals surface area contributed by atoms with Crippen LogP contribution in [0.1, 0.15) is 6.92 Å². The van der Waals surface area contributed by atoms with Crippen molar-refractivity contribution in [1.29, 1.82) is 0 Å². The molecule has 0 aromatic rings. The lowest BCUT2D eigenvalue weighted by Crippen LogP contribution is -2.41. The van der Waals surface area contributed by atoms with E-state index in [4.69, 9.17) is 10.4 Å². The first-order valence-electron chi connectivity index (χ1n) is 3.61. The Labute approximate surface area is 72.2 Å². The normalized spacial score (nSPS) is 15.0. The van der Waals surface area contributed by atoms with Crippen molar-refractivity contribution in [2.24, 2.45) is 10.3 Å². The van der Waals surface area contributed by atoms with Crippen molar-refractivity contribution in [1.82, 2.24) is 0 Å². The summed E-state index contributed by atoms with van der Waals surface area (Å²) < 4.78 is 0.617. The molecule has 12 heavy (non-hydrogen) atoms. The molecule has 0 aliphatic carbocycles. The summed E-state index contributed by atoms with van der Waals surface area (Å²) in [4.78, 5) is 0. The van der Waals surface area contributed by atoms with Gasteiger partial charge >= 0.3 is 0 Å². The van der Waals surface area contributed by atoms with Gasteiger partial charge in [0, 0.05) is 0 Å². The van der Waals surface area contributed by atoms with E-state index in [1.165, 1.54) is 0 Å². The van der Waals surface area contributed by atoms with Crippen molar-refractivity contribution in [2.45, 2.75) is 6.92 Å². The van der Waals surface area contributed by atoms with Crippen LogP contribution >= 0.6 is 0 Å². The minimum absolute atomic E-state index is 0.338. The van der Waals surface area contributed by atoms with Crippen LogP contribution in [-0.2, 0) is 0 Å². The van der Waals surface area contributed by atoms with Crippen LogP contribution in [0, 0.1) is 0 Å². The molecular formula is C7H16N3O2+. The summed E-state index contributed by atoms with van der Waals surface area (Å²) in [5.41, 5.74) is 0.732. The Bertz CT molecular complexity index is 203. The maximum atomic E-state index is 8.58. The van der Waals surface area contributed by atoms with Crippen molar-refractivity contribution in [2.75, 3.05) is 27.7 Å². The first kappa shape index (κ1) is 10.9. The Morgan fingerprint density at radius 3 is 1.92 bits per heavy atom. The number of quaternary nitrogens is 1. The monoisotopic (exact) mass is 174 g/mol. The Morgan fingerprint density at radius 1 is 1.17 bits per heavy atom. The van der Waals surface area contributed by atoms with E-state index in [1.54, 1.807) is 6.92 Å². The third-order valence-electron chi connectivity index (χ3n) is 1.31. The minimum Gasteiger partial charge on any atom is -0.411 e. The van der Waals surface area contributed by atoms with Gasteiger partial charge in [0.25, 0.3) is 0 Å². The Morgan fingerprint density at radius 2 is 1.67 bits per heavy atom. The molecule has 0 heterocycles. The van der Waals surface area contributed by atoms with E-state index in [0.717, 1.165) is 0 Å². The van der Waals surface area contributed by atoms with E-state index >= 15 is 0 Å². The summed E-state index contributed by atoms with van der Waals surface area (Å²) in [6, 6.07) is 0. The molecule has 0 amide bonds. The largest absolute Gasteiger partial charge is 0.411 e. The van der Waals surface area contributed by atoms with E-state index in [2.05, 4.69) is 10.3 Å². The Kier molecular flexibility index (Phi) is 3.69. The maximum Gasteiger partial charge on any atom is 0.158 e. The summed E-state index contributed by atoms with van der Waals surface area (Å²) in [7, 11) is 5.86. The van der Waals surface area contributed by atoms with Crippen LogP contribution in [0.2, 0.25) is 0 Å². The Hall–Kier alpha value is -1.10. The lowest BCUT2D eigenvalue weighted by atomic mass is 10.2. The van der Waals surface area contributed by atoms with Gasteiger partial charge < -0.3 is 14.9 Å². The van der Waals surface area contributed by atoms with Crippen LogP contribution in [0.5, 0.6) is 0 Å². The fourth-order valence-electron chi connectivity index (χ4n) is 0.725. The number of nitrogens with zero attached hydrogens (tertiary/aromatic N) is 3. The van der Waals surface area contributed by atoms with Crippen molar-refractivity contribution in [3.63, 3.8) is 0 Å². The van der Waals surface area contributed by atoms with Gasteiger partial charge in [-0.1, -0.05) is 10.3 Å². The number of hydrogen-bond donors (Lipinski definition) is 2. The highest BCUT2D eigenvalue weighted by atomic mass is 16.4. The van der Waals surface area contributed by atoms with E-state index in [-0.39, 0.29) is 0 Å². The molecule has 2 N–H and O–H groups in total.